The highest BCUT2D eigenvalue weighted by Crippen LogP contribution is 2.22. The fraction of sp³-hybridized carbons (Fsp3) is 0.560. The molecule has 0 spiro atoms. The lowest BCUT2D eigenvalue weighted by atomic mass is 10.00. The van der Waals surface area contributed by atoms with Gasteiger partial charge in [-0.05, 0) is 57.3 Å². The van der Waals surface area contributed by atoms with Crippen molar-refractivity contribution in [1.29, 1.82) is 0 Å². The number of urea groups is 1. The molecule has 38 heavy (non-hydrogen) atoms. The maximum atomic E-state index is 13.3. The minimum absolute atomic E-state index is 0.0603. The lowest BCUT2D eigenvalue weighted by Crippen LogP contribution is -2.63. The highest BCUT2D eigenvalue weighted by Gasteiger charge is 2.50. The third kappa shape index (κ3) is 8.99. The zero-order valence-electron chi connectivity index (χ0n) is 21.6. The predicted octanol–water partition coefficient (Wildman–Crippen LogP) is 0.899. The zero-order valence-corrected chi connectivity index (χ0v) is 21.6. The number of nitrogens with one attached hydrogen (secondary N) is 4. The highest BCUT2D eigenvalue weighted by atomic mass is 16.6. The Hall–Kier alpha value is -3.71. The van der Waals surface area contributed by atoms with Gasteiger partial charge in [0.1, 0.15) is 0 Å². The molecule has 1 aromatic carbocycles. The normalized spacial score (nSPS) is 15.8. The lowest BCUT2D eigenvalue weighted by molar-refractivity contribution is -0.185. The Labute approximate surface area is 221 Å². The summed E-state index contributed by atoms with van der Waals surface area (Å²) in [5.41, 5.74) is 3.38. The first-order valence-electron chi connectivity index (χ1n) is 12.8. The maximum absolute atomic E-state index is 13.3. The van der Waals surface area contributed by atoms with Crippen LogP contribution in [0.15, 0.2) is 29.4 Å². The molecule has 0 saturated carbocycles. The number of nitrogens with zero attached hydrogens (tertiary/aromatic N) is 1. The standard InChI is InChI=1S/C25H38N6O7/c1-2-3-13-28-24(36)29-14-5-4-6-20(32)25(23(34)35,38-19-11-15-27-16-12-19)30-22(33)18-9-7-17(8-10-18)21(26)31-37/h7-10,19,27,37H,2-6,11-16H2,1H3,(H2,26,31)(H,30,33)(H,34,35)(H2,28,29,36). The number of Topliss-reactive ketones (excluding diaryl/α,β-unsaturated/α-hetero) is 1. The Kier molecular flexibility index (Phi) is 12.5. The maximum Gasteiger partial charge on any atom is 0.365 e. The first-order chi connectivity index (χ1) is 18.2. The van der Waals surface area contributed by atoms with Crippen molar-refractivity contribution >= 4 is 29.5 Å². The Morgan fingerprint density at radius 2 is 1.66 bits per heavy atom. The Balaban J connectivity index is 2.10. The molecule has 210 valence electrons. The molecular formula is C25H38N6O7. The third-order valence-electron chi connectivity index (χ3n) is 6.10. The van der Waals surface area contributed by atoms with Gasteiger partial charge in [-0.25, -0.2) is 9.59 Å². The van der Waals surface area contributed by atoms with Crippen molar-refractivity contribution in [2.24, 2.45) is 10.9 Å². The van der Waals surface area contributed by atoms with Gasteiger partial charge in [-0.3, -0.25) is 9.59 Å². The average molecular weight is 535 g/mol. The Morgan fingerprint density at radius 1 is 1.05 bits per heavy atom. The average Bonchev–Trinajstić information content (AvgIpc) is 2.92. The van der Waals surface area contributed by atoms with E-state index in [1.165, 1.54) is 24.3 Å². The summed E-state index contributed by atoms with van der Waals surface area (Å²) in [6.45, 7) is 4.07. The number of piperidine rings is 1. The van der Waals surface area contributed by atoms with Crippen molar-refractivity contribution in [3.05, 3.63) is 35.4 Å². The van der Waals surface area contributed by atoms with E-state index >= 15 is 0 Å². The van der Waals surface area contributed by atoms with Gasteiger partial charge in [-0.1, -0.05) is 30.6 Å². The van der Waals surface area contributed by atoms with E-state index < -0.39 is 29.5 Å². The molecule has 8 N–H and O–H groups in total. The molecule has 0 bridgehead atoms. The quantitative estimate of drug-likeness (QED) is 0.0324. The van der Waals surface area contributed by atoms with Crippen molar-refractivity contribution < 1.29 is 34.2 Å². The fourth-order valence-corrected chi connectivity index (χ4v) is 3.86. The van der Waals surface area contributed by atoms with E-state index in [2.05, 4.69) is 26.4 Å². The minimum atomic E-state index is -2.58. The van der Waals surface area contributed by atoms with Crippen LogP contribution >= 0.6 is 0 Å². The van der Waals surface area contributed by atoms with E-state index in [0.717, 1.165) is 12.8 Å². The molecule has 3 amide bonds. The molecule has 0 aliphatic carbocycles. The molecule has 1 aromatic rings. The number of hydrogen-bond acceptors (Lipinski definition) is 8. The van der Waals surface area contributed by atoms with Crippen LogP contribution < -0.4 is 27.0 Å². The largest absolute Gasteiger partial charge is 0.477 e. The minimum Gasteiger partial charge on any atom is -0.477 e. The number of carbonyl (C=O) groups excluding carboxylic acids is 3. The van der Waals surface area contributed by atoms with E-state index in [0.29, 0.717) is 51.0 Å². The molecule has 1 heterocycles. The molecule has 1 fully saturated rings. The summed E-state index contributed by atoms with van der Waals surface area (Å²) in [7, 11) is 0. The number of benzene rings is 1. The van der Waals surface area contributed by atoms with Gasteiger partial charge >= 0.3 is 17.7 Å². The second-order valence-corrected chi connectivity index (χ2v) is 8.99. The SMILES string of the molecule is CCCCNC(=O)NCCCCC(=O)C(NC(=O)c1ccc(C(N)=NO)cc1)(OC1CCNCC1)C(=O)O. The fourth-order valence-electron chi connectivity index (χ4n) is 3.86. The van der Waals surface area contributed by atoms with Crippen LogP contribution in [-0.2, 0) is 14.3 Å². The summed E-state index contributed by atoms with van der Waals surface area (Å²) >= 11 is 0. The monoisotopic (exact) mass is 534 g/mol. The van der Waals surface area contributed by atoms with Gasteiger partial charge in [0, 0.05) is 30.6 Å². The number of carboxylic acid groups (broad SMARTS) is 1. The van der Waals surface area contributed by atoms with Gasteiger partial charge in [0.2, 0.25) is 0 Å². The van der Waals surface area contributed by atoms with Gasteiger partial charge < -0.3 is 42.1 Å². The Morgan fingerprint density at radius 3 is 2.24 bits per heavy atom. The van der Waals surface area contributed by atoms with E-state index in [1.54, 1.807) is 0 Å². The van der Waals surface area contributed by atoms with Crippen LogP contribution in [0.5, 0.6) is 0 Å². The van der Waals surface area contributed by atoms with Crippen molar-refractivity contribution in [2.75, 3.05) is 26.2 Å². The molecular weight excluding hydrogens is 496 g/mol. The molecule has 13 heteroatoms. The first-order valence-corrected chi connectivity index (χ1v) is 12.8. The van der Waals surface area contributed by atoms with E-state index in [4.69, 9.17) is 15.7 Å². The number of amides is 3. The van der Waals surface area contributed by atoms with Crippen molar-refractivity contribution in [3.8, 4) is 0 Å². The predicted molar refractivity (Wildman–Crippen MR) is 139 cm³/mol. The van der Waals surface area contributed by atoms with Crippen LogP contribution in [0.3, 0.4) is 0 Å². The van der Waals surface area contributed by atoms with E-state index in [-0.39, 0.29) is 30.3 Å². The topological polar surface area (TPSA) is 204 Å². The summed E-state index contributed by atoms with van der Waals surface area (Å²) < 4.78 is 5.85. The number of amidine groups is 1. The van der Waals surface area contributed by atoms with Gasteiger partial charge in [0.15, 0.2) is 11.6 Å². The molecule has 1 aliphatic rings. The van der Waals surface area contributed by atoms with Crippen LogP contribution in [0.1, 0.15) is 67.8 Å². The van der Waals surface area contributed by atoms with Crippen molar-refractivity contribution in [1.82, 2.24) is 21.3 Å². The number of aliphatic carboxylic acids is 1. The smallest absolute Gasteiger partial charge is 0.365 e. The second-order valence-electron chi connectivity index (χ2n) is 8.99. The molecule has 13 nitrogen and oxygen atoms in total. The van der Waals surface area contributed by atoms with Gasteiger partial charge in [-0.2, -0.15) is 0 Å². The zero-order chi connectivity index (χ0) is 28.0. The lowest BCUT2D eigenvalue weighted by Gasteiger charge is -2.34. The molecule has 0 radical (unpaired) electrons. The number of ether oxygens (including phenoxy) is 1. The first kappa shape index (κ1) is 30.5. The van der Waals surface area contributed by atoms with Crippen LogP contribution in [0.2, 0.25) is 0 Å². The number of carboxylic acids is 1. The number of nitrogens with two attached hydrogens (primary N) is 1. The molecule has 1 atom stereocenters. The second kappa shape index (κ2) is 15.5. The van der Waals surface area contributed by atoms with Gasteiger partial charge in [0.05, 0.1) is 6.10 Å². The number of unbranched alkanes of at least 4 members (excludes halogenated alkanes) is 2. The van der Waals surface area contributed by atoms with Crippen molar-refractivity contribution in [2.45, 2.75) is 63.7 Å². The highest BCUT2D eigenvalue weighted by molar-refractivity contribution is 6.11. The van der Waals surface area contributed by atoms with E-state index in [9.17, 15) is 24.3 Å². The summed E-state index contributed by atoms with van der Waals surface area (Å²) in [5, 5.41) is 32.7. The summed E-state index contributed by atoms with van der Waals surface area (Å²) in [5.74, 6) is -3.39. The molecule has 1 aliphatic heterocycles. The van der Waals surface area contributed by atoms with Gasteiger partial charge in [-0.15, -0.1) is 0 Å². The van der Waals surface area contributed by atoms with Crippen molar-refractivity contribution in [3.63, 3.8) is 0 Å². The number of rotatable bonds is 15. The molecule has 2 rings (SSSR count). The van der Waals surface area contributed by atoms with Crippen LogP contribution in [0.4, 0.5) is 4.79 Å². The molecule has 1 saturated heterocycles. The number of carbonyl (C=O) groups is 4. The number of oxime groups is 1. The van der Waals surface area contributed by atoms with Crippen LogP contribution in [0.25, 0.3) is 0 Å². The van der Waals surface area contributed by atoms with E-state index in [1.807, 2.05) is 6.92 Å². The summed E-state index contributed by atoms with van der Waals surface area (Å²) in [4.78, 5) is 50.6. The summed E-state index contributed by atoms with van der Waals surface area (Å²) in [6, 6.07) is 5.27. The van der Waals surface area contributed by atoms with Crippen LogP contribution in [-0.4, -0.2) is 77.8 Å². The third-order valence-corrected chi connectivity index (χ3v) is 6.10. The molecule has 0 aromatic heterocycles. The summed E-state index contributed by atoms with van der Waals surface area (Å²) in [6.07, 6.45) is 2.77. The number of hydrogen-bond donors (Lipinski definition) is 7. The number of ketones is 1. The molecule has 1 unspecified atom stereocenters. The van der Waals surface area contributed by atoms with Crippen LogP contribution in [0, 0.1) is 0 Å². The Bertz CT molecular complexity index is 979. The van der Waals surface area contributed by atoms with Gasteiger partial charge in [0.25, 0.3) is 5.91 Å².